The molecule has 1 aromatic heterocycles. The zero-order chi connectivity index (χ0) is 9.30. The van der Waals surface area contributed by atoms with Gasteiger partial charge < -0.3 is 14.9 Å². The molecule has 0 amide bonds. The van der Waals surface area contributed by atoms with E-state index < -0.39 is 5.97 Å². The van der Waals surface area contributed by atoms with Crippen LogP contribution < -0.4 is 5.11 Å². The van der Waals surface area contributed by atoms with Crippen LogP contribution in [-0.4, -0.2) is 17.2 Å². The van der Waals surface area contributed by atoms with Crippen molar-refractivity contribution in [3.63, 3.8) is 0 Å². The molecular formula is C8H8NO3-. The smallest absolute Gasteiger partial charge is 0.166 e. The lowest BCUT2D eigenvalue weighted by Gasteiger charge is -2.01. The average molecular weight is 166 g/mol. The molecule has 4 heteroatoms. The number of carbonyl (C=O) groups excluding carboxylic acids is 2. The number of hydrogen-bond donors (Lipinski definition) is 1. The maximum atomic E-state index is 10.5. The quantitative estimate of drug-likeness (QED) is 0.619. The minimum Gasteiger partial charge on any atom is -0.545 e. The summed E-state index contributed by atoms with van der Waals surface area (Å²) in [5, 5.41) is 10.5. The van der Waals surface area contributed by atoms with Crippen molar-refractivity contribution in [2.45, 2.75) is 13.8 Å². The molecule has 64 valence electrons. The molecule has 4 nitrogen and oxygen atoms in total. The number of carboxylic acid groups (broad SMARTS) is 1. The maximum absolute atomic E-state index is 10.5. The van der Waals surface area contributed by atoms with Gasteiger partial charge in [0.1, 0.15) is 0 Å². The van der Waals surface area contributed by atoms with Crippen LogP contribution in [0.2, 0.25) is 0 Å². The second kappa shape index (κ2) is 2.81. The minimum atomic E-state index is -1.26. The molecule has 1 N–H and O–H groups in total. The van der Waals surface area contributed by atoms with Crippen molar-refractivity contribution in [2.24, 2.45) is 0 Å². The molecule has 0 fully saturated rings. The number of aldehydes is 1. The van der Waals surface area contributed by atoms with Crippen molar-refractivity contribution >= 4 is 12.3 Å². The molecule has 0 aliphatic rings. The lowest BCUT2D eigenvalue weighted by molar-refractivity contribution is -0.255. The van der Waals surface area contributed by atoms with Crippen LogP contribution in [0.4, 0.5) is 0 Å². The van der Waals surface area contributed by atoms with Crippen LogP contribution >= 0.6 is 0 Å². The zero-order valence-electron chi connectivity index (χ0n) is 6.80. The van der Waals surface area contributed by atoms with Crippen LogP contribution in [0.5, 0.6) is 0 Å². The average Bonchev–Trinajstić information content (AvgIpc) is 2.25. The summed E-state index contributed by atoms with van der Waals surface area (Å²) in [4.78, 5) is 23.6. The normalized spacial score (nSPS) is 9.83. The topological polar surface area (TPSA) is 73.0 Å². The van der Waals surface area contributed by atoms with E-state index in [9.17, 15) is 14.7 Å². The summed E-state index contributed by atoms with van der Waals surface area (Å²) in [6.07, 6.45) is 0.592. The van der Waals surface area contributed by atoms with Gasteiger partial charge in [-0.25, -0.2) is 0 Å². The molecule has 12 heavy (non-hydrogen) atoms. The first-order valence-corrected chi connectivity index (χ1v) is 3.43. The molecule has 1 rings (SSSR count). The van der Waals surface area contributed by atoms with Crippen molar-refractivity contribution in [1.82, 2.24) is 4.98 Å². The van der Waals surface area contributed by atoms with Gasteiger partial charge in [0.25, 0.3) is 0 Å². The van der Waals surface area contributed by atoms with Crippen molar-refractivity contribution < 1.29 is 14.7 Å². The number of carbonyl (C=O) groups is 2. The van der Waals surface area contributed by atoms with Crippen molar-refractivity contribution in [3.8, 4) is 0 Å². The van der Waals surface area contributed by atoms with Crippen LogP contribution in [0.15, 0.2) is 0 Å². The summed E-state index contributed by atoms with van der Waals surface area (Å²) in [5.41, 5.74) is 1.26. The standard InChI is InChI=1S/C8H9NO3/c1-4-6(3-10)9-5(2)7(4)8(11)12/h3,9H,1-2H3,(H,11,12)/p-1. The third kappa shape index (κ3) is 1.11. The maximum Gasteiger partial charge on any atom is 0.166 e. The van der Waals surface area contributed by atoms with E-state index in [1.165, 1.54) is 0 Å². The molecule has 0 saturated carbocycles. The first-order valence-electron chi connectivity index (χ1n) is 3.43. The van der Waals surface area contributed by atoms with Crippen LogP contribution in [0.3, 0.4) is 0 Å². The number of aromatic nitrogens is 1. The van der Waals surface area contributed by atoms with Gasteiger partial charge in [-0.15, -0.1) is 0 Å². The van der Waals surface area contributed by atoms with E-state index in [0.717, 1.165) is 0 Å². The van der Waals surface area contributed by atoms with E-state index in [1.54, 1.807) is 13.8 Å². The van der Waals surface area contributed by atoms with Gasteiger partial charge in [0.2, 0.25) is 0 Å². The molecule has 0 spiro atoms. The third-order valence-electron chi connectivity index (χ3n) is 1.80. The third-order valence-corrected chi connectivity index (χ3v) is 1.80. The summed E-state index contributed by atoms with van der Waals surface area (Å²) >= 11 is 0. The fraction of sp³-hybridized carbons (Fsp3) is 0.250. The predicted octanol–water partition coefficient (Wildman–Crippen LogP) is -0.192. The Hall–Kier alpha value is -1.58. The summed E-state index contributed by atoms with van der Waals surface area (Å²) in [5.74, 6) is -1.26. The summed E-state index contributed by atoms with van der Waals surface area (Å²) < 4.78 is 0. The number of aromatic amines is 1. The Morgan fingerprint density at radius 2 is 2.08 bits per heavy atom. The highest BCUT2D eigenvalue weighted by Crippen LogP contribution is 2.14. The van der Waals surface area contributed by atoms with Gasteiger partial charge in [-0.1, -0.05) is 0 Å². The highest BCUT2D eigenvalue weighted by molar-refractivity contribution is 5.92. The van der Waals surface area contributed by atoms with E-state index in [0.29, 0.717) is 23.2 Å². The minimum absolute atomic E-state index is 0.0806. The Morgan fingerprint density at radius 3 is 2.33 bits per heavy atom. The Bertz CT molecular complexity index is 338. The largest absolute Gasteiger partial charge is 0.545 e. The molecule has 0 unspecified atom stereocenters. The number of nitrogens with one attached hydrogen (secondary N) is 1. The highest BCUT2D eigenvalue weighted by atomic mass is 16.4. The second-order valence-electron chi connectivity index (χ2n) is 2.57. The van der Waals surface area contributed by atoms with Gasteiger partial charge in [0.15, 0.2) is 6.29 Å². The first-order chi connectivity index (χ1) is 5.57. The number of aryl methyl sites for hydroxylation is 1. The molecule has 0 aliphatic carbocycles. The summed E-state index contributed by atoms with van der Waals surface area (Å²) in [6, 6.07) is 0. The van der Waals surface area contributed by atoms with Gasteiger partial charge in [-0.2, -0.15) is 0 Å². The number of aromatic carboxylic acids is 1. The Labute approximate surface area is 69.2 Å². The molecule has 0 aromatic carbocycles. The van der Waals surface area contributed by atoms with Gasteiger partial charge in [-0.3, -0.25) is 4.79 Å². The molecule has 0 atom stereocenters. The van der Waals surface area contributed by atoms with Crippen LogP contribution in [0.25, 0.3) is 0 Å². The van der Waals surface area contributed by atoms with Gasteiger partial charge in [0, 0.05) is 11.3 Å². The van der Waals surface area contributed by atoms with E-state index in [4.69, 9.17) is 0 Å². The van der Waals surface area contributed by atoms with Gasteiger partial charge >= 0.3 is 0 Å². The number of H-pyrrole nitrogens is 1. The molecule has 1 heterocycles. The molecule has 0 aliphatic heterocycles. The van der Waals surface area contributed by atoms with E-state index in [1.807, 2.05) is 0 Å². The number of carboxylic acids is 1. The summed E-state index contributed by atoms with van der Waals surface area (Å²) in [6.45, 7) is 3.16. The van der Waals surface area contributed by atoms with Crippen molar-refractivity contribution in [2.75, 3.05) is 0 Å². The fourth-order valence-corrected chi connectivity index (χ4v) is 1.20. The monoisotopic (exact) mass is 166 g/mol. The number of rotatable bonds is 2. The number of hydrogen-bond acceptors (Lipinski definition) is 3. The molecule has 0 bridgehead atoms. The van der Waals surface area contributed by atoms with Crippen LogP contribution in [-0.2, 0) is 0 Å². The van der Waals surface area contributed by atoms with Gasteiger partial charge in [0.05, 0.1) is 11.7 Å². The lowest BCUT2D eigenvalue weighted by Crippen LogP contribution is -2.23. The van der Waals surface area contributed by atoms with Crippen LogP contribution in [0.1, 0.15) is 32.1 Å². The van der Waals surface area contributed by atoms with Gasteiger partial charge in [-0.05, 0) is 19.4 Å². The summed E-state index contributed by atoms with van der Waals surface area (Å²) in [7, 11) is 0. The Kier molecular flexibility index (Phi) is 1.99. The van der Waals surface area contributed by atoms with Crippen molar-refractivity contribution in [1.29, 1.82) is 0 Å². The van der Waals surface area contributed by atoms with Crippen molar-refractivity contribution in [3.05, 3.63) is 22.5 Å². The zero-order valence-corrected chi connectivity index (χ0v) is 6.80. The SMILES string of the molecule is Cc1[nH]c(C=O)c(C)c1C(=O)[O-]. The molecule has 1 aromatic rings. The van der Waals surface area contributed by atoms with E-state index in [-0.39, 0.29) is 5.56 Å². The van der Waals surface area contributed by atoms with E-state index >= 15 is 0 Å². The molecular weight excluding hydrogens is 158 g/mol. The molecule has 0 radical (unpaired) electrons. The predicted molar refractivity (Wildman–Crippen MR) is 40.0 cm³/mol. The Morgan fingerprint density at radius 1 is 1.50 bits per heavy atom. The van der Waals surface area contributed by atoms with Crippen LogP contribution in [0, 0.1) is 13.8 Å². The first kappa shape index (κ1) is 8.52. The molecule has 0 saturated heterocycles. The van der Waals surface area contributed by atoms with E-state index in [2.05, 4.69) is 4.98 Å². The Balaban J connectivity index is 3.37. The fourth-order valence-electron chi connectivity index (χ4n) is 1.20. The lowest BCUT2D eigenvalue weighted by atomic mass is 10.1. The second-order valence-corrected chi connectivity index (χ2v) is 2.57. The highest BCUT2D eigenvalue weighted by Gasteiger charge is 2.10.